The number of likely N-dealkylation sites (tertiary alicyclic amines) is 1. The van der Waals surface area contributed by atoms with Crippen LogP contribution in [0.3, 0.4) is 0 Å². The first kappa shape index (κ1) is 18.7. The first-order valence-electron chi connectivity index (χ1n) is 9.98. The second-order valence-electron chi connectivity index (χ2n) is 7.60. The molecule has 0 radical (unpaired) electrons. The van der Waals surface area contributed by atoms with E-state index < -0.39 is 0 Å². The van der Waals surface area contributed by atoms with Crippen molar-refractivity contribution in [2.24, 2.45) is 0 Å². The third-order valence-electron chi connectivity index (χ3n) is 5.59. The summed E-state index contributed by atoms with van der Waals surface area (Å²) in [6.07, 6.45) is 3.53. The van der Waals surface area contributed by atoms with Crippen molar-refractivity contribution >= 4 is 0 Å². The highest BCUT2D eigenvalue weighted by molar-refractivity contribution is 5.58. The van der Waals surface area contributed by atoms with Crippen molar-refractivity contribution in [2.45, 2.75) is 25.8 Å². The molecule has 1 aliphatic rings. The summed E-state index contributed by atoms with van der Waals surface area (Å²) < 4.78 is 23.3. The van der Waals surface area contributed by atoms with Gasteiger partial charge in [0.25, 0.3) is 0 Å². The second kappa shape index (κ2) is 7.49. The maximum Gasteiger partial charge on any atom is 0.217 e. The van der Waals surface area contributed by atoms with Crippen LogP contribution in [0, 0.1) is 12.7 Å². The zero-order valence-electron chi connectivity index (χ0n) is 16.9. The zero-order valence-corrected chi connectivity index (χ0v) is 16.9. The van der Waals surface area contributed by atoms with E-state index in [2.05, 4.69) is 22.3 Å². The third-order valence-corrected chi connectivity index (χ3v) is 5.59. The van der Waals surface area contributed by atoms with Crippen LogP contribution >= 0.6 is 0 Å². The van der Waals surface area contributed by atoms with Gasteiger partial charge in [-0.3, -0.25) is 0 Å². The molecule has 3 aromatic heterocycles. The minimum absolute atomic E-state index is 0.199. The maximum atomic E-state index is 14.3. The Hall–Kier alpha value is -3.33. The Kier molecular flexibility index (Phi) is 4.66. The van der Waals surface area contributed by atoms with Crippen molar-refractivity contribution in [3.8, 4) is 28.8 Å². The first-order valence-corrected chi connectivity index (χ1v) is 9.98. The highest BCUT2D eigenvalue weighted by atomic mass is 19.1. The van der Waals surface area contributed by atoms with Crippen LogP contribution in [0.15, 0.2) is 47.1 Å². The minimum Gasteiger partial charge on any atom is -0.461 e. The second-order valence-corrected chi connectivity index (χ2v) is 7.60. The molecule has 0 unspecified atom stereocenters. The fourth-order valence-electron chi connectivity index (χ4n) is 3.88. The predicted molar refractivity (Wildman–Crippen MR) is 109 cm³/mol. The number of hydrogen-bond donors (Lipinski definition) is 0. The van der Waals surface area contributed by atoms with Gasteiger partial charge in [-0.2, -0.15) is 0 Å². The number of piperidine rings is 1. The number of para-hydroxylation sites is 1. The maximum absolute atomic E-state index is 14.3. The Bertz CT molecular complexity index is 1160. The lowest BCUT2D eigenvalue weighted by molar-refractivity contribution is 0.213. The third kappa shape index (κ3) is 3.21. The highest BCUT2D eigenvalue weighted by Crippen LogP contribution is 2.31. The van der Waals surface area contributed by atoms with Gasteiger partial charge < -0.3 is 9.32 Å². The number of aromatic nitrogens is 6. The van der Waals surface area contributed by atoms with Crippen LogP contribution in [-0.4, -0.2) is 54.8 Å². The summed E-state index contributed by atoms with van der Waals surface area (Å²) in [5, 5.41) is 13.3. The van der Waals surface area contributed by atoms with Gasteiger partial charge in [0.15, 0.2) is 17.3 Å². The van der Waals surface area contributed by atoms with Gasteiger partial charge in [-0.15, -0.1) is 10.2 Å². The van der Waals surface area contributed by atoms with Gasteiger partial charge in [0, 0.05) is 0 Å². The van der Waals surface area contributed by atoms with Crippen molar-refractivity contribution in [3.05, 3.63) is 54.2 Å². The van der Waals surface area contributed by atoms with E-state index in [1.54, 1.807) is 24.5 Å². The molecular weight excluding hydrogens is 385 g/mol. The molecule has 1 aliphatic heterocycles. The average Bonchev–Trinajstić information content (AvgIpc) is 3.48. The Labute approximate surface area is 172 Å². The molecule has 4 heterocycles. The lowest BCUT2D eigenvalue weighted by Crippen LogP contribution is -2.32. The van der Waals surface area contributed by atoms with Gasteiger partial charge in [-0.25, -0.2) is 18.7 Å². The molecule has 9 heteroatoms. The van der Waals surface area contributed by atoms with E-state index >= 15 is 0 Å². The molecule has 30 heavy (non-hydrogen) atoms. The minimum atomic E-state index is -0.356. The number of halogens is 1. The number of benzene rings is 1. The van der Waals surface area contributed by atoms with Crippen molar-refractivity contribution < 1.29 is 8.81 Å². The lowest BCUT2D eigenvalue weighted by Gasteiger charge is -2.29. The number of nitrogens with zero attached hydrogens (tertiary/aromatic N) is 7. The number of hydrogen-bond acceptors (Lipinski definition) is 6. The summed E-state index contributed by atoms with van der Waals surface area (Å²) in [6.45, 7) is 3.84. The largest absolute Gasteiger partial charge is 0.461 e. The van der Waals surface area contributed by atoms with Crippen LogP contribution in [-0.2, 0) is 0 Å². The van der Waals surface area contributed by atoms with Crippen molar-refractivity contribution in [1.82, 2.24) is 34.7 Å². The van der Waals surface area contributed by atoms with Crippen molar-refractivity contribution in [1.29, 1.82) is 0 Å². The fourth-order valence-corrected chi connectivity index (χ4v) is 3.88. The molecule has 5 rings (SSSR count). The quantitative estimate of drug-likeness (QED) is 0.515. The number of rotatable bonds is 4. The van der Waals surface area contributed by atoms with Crippen LogP contribution in [0.2, 0.25) is 0 Å². The van der Waals surface area contributed by atoms with Gasteiger partial charge in [0.05, 0.1) is 18.0 Å². The Morgan fingerprint density at radius 1 is 1.10 bits per heavy atom. The van der Waals surface area contributed by atoms with Gasteiger partial charge in [-0.1, -0.05) is 17.3 Å². The normalized spacial score (nSPS) is 15.7. The highest BCUT2D eigenvalue weighted by Gasteiger charge is 2.27. The number of furan rings is 1. The average molecular weight is 407 g/mol. The van der Waals surface area contributed by atoms with Crippen molar-refractivity contribution in [3.63, 3.8) is 0 Å². The molecule has 0 aliphatic carbocycles. The molecule has 0 amide bonds. The summed E-state index contributed by atoms with van der Waals surface area (Å²) in [5.74, 6) is 1.37. The monoisotopic (exact) mass is 407 g/mol. The molecular formula is C21H22FN7O. The summed E-state index contributed by atoms with van der Waals surface area (Å²) in [5.41, 5.74) is 1.64. The van der Waals surface area contributed by atoms with Crippen LogP contribution < -0.4 is 0 Å². The van der Waals surface area contributed by atoms with Crippen LogP contribution in [0.25, 0.3) is 28.8 Å². The summed E-state index contributed by atoms with van der Waals surface area (Å²) in [4.78, 5) is 7.05. The molecule has 0 spiro atoms. The van der Waals surface area contributed by atoms with Gasteiger partial charge in [0.2, 0.25) is 5.82 Å². The van der Waals surface area contributed by atoms with Crippen LogP contribution in [0.4, 0.5) is 4.39 Å². The molecule has 1 saturated heterocycles. The summed E-state index contributed by atoms with van der Waals surface area (Å²) in [7, 11) is 2.12. The van der Waals surface area contributed by atoms with Crippen molar-refractivity contribution in [2.75, 3.05) is 20.1 Å². The molecule has 0 N–H and O–H groups in total. The Morgan fingerprint density at radius 3 is 2.63 bits per heavy atom. The predicted octanol–water partition coefficient (Wildman–Crippen LogP) is 3.50. The molecule has 1 fully saturated rings. The zero-order chi connectivity index (χ0) is 20.7. The van der Waals surface area contributed by atoms with Gasteiger partial charge in [0.1, 0.15) is 11.5 Å². The van der Waals surface area contributed by atoms with Crippen LogP contribution in [0.1, 0.15) is 24.6 Å². The fraction of sp³-hybridized carbons (Fsp3) is 0.333. The van der Waals surface area contributed by atoms with Crippen LogP contribution in [0.5, 0.6) is 0 Å². The van der Waals surface area contributed by atoms with Gasteiger partial charge >= 0.3 is 0 Å². The van der Waals surface area contributed by atoms with E-state index in [1.165, 1.54) is 10.7 Å². The van der Waals surface area contributed by atoms with E-state index in [0.717, 1.165) is 25.9 Å². The summed E-state index contributed by atoms with van der Waals surface area (Å²) in [6, 6.07) is 10.4. The first-order chi connectivity index (χ1) is 14.6. The molecule has 8 nitrogen and oxygen atoms in total. The Morgan fingerprint density at radius 2 is 1.90 bits per heavy atom. The van der Waals surface area contributed by atoms with Gasteiger partial charge in [-0.05, 0) is 64.2 Å². The van der Waals surface area contributed by atoms with E-state index in [0.29, 0.717) is 34.5 Å². The molecule has 0 bridgehead atoms. The Balaban J connectivity index is 1.61. The molecule has 0 saturated carbocycles. The lowest BCUT2D eigenvalue weighted by atomic mass is 10.1. The van der Waals surface area contributed by atoms with E-state index in [-0.39, 0.29) is 11.9 Å². The van der Waals surface area contributed by atoms with E-state index in [9.17, 15) is 4.39 Å². The SMILES string of the molecule is Cc1c(-c2nc(-c3ccco3)nn2C2CCN(C)CC2)nnn1-c1ccccc1F. The summed E-state index contributed by atoms with van der Waals surface area (Å²) >= 11 is 0. The smallest absolute Gasteiger partial charge is 0.217 e. The molecule has 4 aromatic rings. The van der Waals surface area contributed by atoms with E-state index in [4.69, 9.17) is 14.5 Å². The molecule has 0 atom stereocenters. The molecule has 154 valence electrons. The topological polar surface area (TPSA) is 77.8 Å². The molecule has 1 aromatic carbocycles. The standard InChI is InChI=1S/C21H22FN7O/c1-14-19(24-26-28(14)17-7-4-3-6-16(17)22)21-23-20(18-8-5-13-30-18)25-29(21)15-9-11-27(2)12-10-15/h3-8,13,15H,9-12H2,1-2H3. The van der Waals surface area contributed by atoms with E-state index in [1.807, 2.05) is 23.7 Å².